The van der Waals surface area contributed by atoms with Crippen molar-refractivity contribution in [1.29, 1.82) is 0 Å². The summed E-state index contributed by atoms with van der Waals surface area (Å²) in [6.07, 6.45) is 0. The topological polar surface area (TPSA) is 15.7 Å². The van der Waals surface area contributed by atoms with E-state index in [1.54, 1.807) is 0 Å². The van der Waals surface area contributed by atoms with Gasteiger partial charge in [-0.05, 0) is 31.9 Å². The third-order valence-corrected chi connectivity index (χ3v) is 7.21. The molecule has 0 aliphatic carbocycles. The first-order chi connectivity index (χ1) is 7.16. The van der Waals surface area contributed by atoms with Gasteiger partial charge in [-0.1, -0.05) is 27.7 Å². The summed E-state index contributed by atoms with van der Waals surface area (Å²) in [6.45, 7) is 16.8. The number of hydrogen-bond donors (Lipinski definition) is 0. The molecule has 0 aliphatic rings. The van der Waals surface area contributed by atoms with Crippen LogP contribution in [-0.2, 0) is 4.43 Å². The first-order valence-corrected chi connectivity index (χ1v) is 7.73. The van der Waals surface area contributed by atoms with E-state index in [0.717, 1.165) is 26.2 Å². The maximum atomic E-state index is 5.85. The molecule has 0 saturated carbocycles. The van der Waals surface area contributed by atoms with Gasteiger partial charge in [-0.2, -0.15) is 0 Å². The first-order valence-electron chi connectivity index (χ1n) is 5.85. The summed E-state index contributed by atoms with van der Waals surface area (Å²) in [4.78, 5) is 0. The molecule has 0 heterocycles. The normalized spacial score (nSPS) is 12.5. The van der Waals surface area contributed by atoms with E-state index in [1.165, 1.54) is 0 Å². The summed E-state index contributed by atoms with van der Waals surface area (Å²) in [6, 6.07) is 0. The van der Waals surface area contributed by atoms with E-state index in [0.29, 0.717) is 0 Å². The smallest absolute Gasteiger partial charge is 0.383 e. The number of nitrogens with zero attached hydrogens (tertiary/aromatic N) is 2. The van der Waals surface area contributed by atoms with Crippen LogP contribution in [0.15, 0.2) is 12.3 Å². The van der Waals surface area contributed by atoms with Gasteiger partial charge in [0, 0.05) is 7.11 Å². The molecule has 0 unspecified atom stereocenters. The van der Waals surface area contributed by atoms with Gasteiger partial charge in [0.2, 0.25) is 0 Å². The van der Waals surface area contributed by atoms with E-state index in [2.05, 4.69) is 43.4 Å². The standard InChI is InChI=1S/C11H26N2OSi/c1-7-12(8-2)15(11-5,14-6)13(9-3)10-4/h11H,5,7-10H2,1-4,6H3. The summed E-state index contributed by atoms with van der Waals surface area (Å²) in [5.41, 5.74) is 2.03. The third kappa shape index (κ3) is 2.90. The Bertz CT molecular complexity index is 167. The van der Waals surface area contributed by atoms with Gasteiger partial charge in [0.25, 0.3) is 0 Å². The van der Waals surface area contributed by atoms with Gasteiger partial charge in [0.1, 0.15) is 0 Å². The second-order valence-corrected chi connectivity index (χ2v) is 6.81. The molecule has 0 fully saturated rings. The molecule has 0 amide bonds. The second kappa shape index (κ2) is 7.17. The summed E-state index contributed by atoms with van der Waals surface area (Å²) in [5, 5.41) is 0. The molecule has 0 rings (SSSR count). The Balaban J connectivity index is 5.07. The van der Waals surface area contributed by atoms with Crippen molar-refractivity contribution < 1.29 is 4.43 Å². The lowest BCUT2D eigenvalue weighted by atomic mass is 10.7. The van der Waals surface area contributed by atoms with Gasteiger partial charge in [0.05, 0.1) is 0 Å². The van der Waals surface area contributed by atoms with Crippen LogP contribution in [0.4, 0.5) is 0 Å². The molecule has 0 saturated heterocycles. The van der Waals surface area contributed by atoms with Crippen LogP contribution < -0.4 is 0 Å². The SMILES string of the molecule is C=C[Si](OC)(N(CC)CC)N(CC)CC. The average molecular weight is 230 g/mol. The fourth-order valence-corrected chi connectivity index (χ4v) is 5.56. The molecule has 0 aromatic heterocycles. The molecule has 90 valence electrons. The number of hydrogen-bond acceptors (Lipinski definition) is 3. The van der Waals surface area contributed by atoms with E-state index in [-0.39, 0.29) is 0 Å². The molecule has 0 spiro atoms. The highest BCUT2D eigenvalue weighted by molar-refractivity contribution is 6.73. The van der Waals surface area contributed by atoms with Crippen molar-refractivity contribution in [3.63, 3.8) is 0 Å². The van der Waals surface area contributed by atoms with Crippen LogP contribution in [0.5, 0.6) is 0 Å². The quantitative estimate of drug-likeness (QED) is 0.593. The Morgan fingerprint density at radius 3 is 1.47 bits per heavy atom. The van der Waals surface area contributed by atoms with Crippen molar-refractivity contribution in [1.82, 2.24) is 9.13 Å². The zero-order valence-electron chi connectivity index (χ0n) is 10.9. The van der Waals surface area contributed by atoms with Gasteiger partial charge in [-0.15, -0.1) is 6.58 Å². The maximum Gasteiger partial charge on any atom is 0.383 e. The van der Waals surface area contributed by atoms with Gasteiger partial charge in [-0.3, -0.25) is 9.13 Å². The lowest BCUT2D eigenvalue weighted by Gasteiger charge is -2.43. The van der Waals surface area contributed by atoms with Crippen LogP contribution in [0, 0.1) is 0 Å². The lowest BCUT2D eigenvalue weighted by Crippen LogP contribution is -2.66. The van der Waals surface area contributed by atoms with Gasteiger partial charge in [0.15, 0.2) is 0 Å². The summed E-state index contributed by atoms with van der Waals surface area (Å²) in [7, 11) is -0.262. The summed E-state index contributed by atoms with van der Waals surface area (Å²) >= 11 is 0. The first kappa shape index (κ1) is 14.8. The van der Waals surface area contributed by atoms with Crippen molar-refractivity contribution in [2.45, 2.75) is 27.7 Å². The Morgan fingerprint density at radius 1 is 1.00 bits per heavy atom. The molecule has 0 N–H and O–H groups in total. The van der Waals surface area contributed by atoms with Crippen LogP contribution >= 0.6 is 0 Å². The average Bonchev–Trinajstić information content (AvgIpc) is 2.29. The van der Waals surface area contributed by atoms with Crippen LogP contribution in [0.3, 0.4) is 0 Å². The van der Waals surface area contributed by atoms with Crippen LogP contribution in [-0.4, -0.2) is 51.1 Å². The Hall–Kier alpha value is -0.163. The van der Waals surface area contributed by atoms with Gasteiger partial charge < -0.3 is 4.43 Å². The number of rotatable bonds is 8. The Labute approximate surface area is 96.0 Å². The van der Waals surface area contributed by atoms with Crippen molar-refractivity contribution >= 4 is 8.64 Å². The lowest BCUT2D eigenvalue weighted by molar-refractivity contribution is 0.227. The molecule has 0 aromatic carbocycles. The predicted octanol–water partition coefficient (Wildman–Crippen LogP) is 1.98. The fourth-order valence-electron chi connectivity index (χ4n) is 2.15. The molecule has 3 nitrogen and oxygen atoms in total. The minimum Gasteiger partial charge on any atom is -0.392 e. The highest BCUT2D eigenvalue weighted by Crippen LogP contribution is 2.17. The summed E-state index contributed by atoms with van der Waals surface area (Å²) < 4.78 is 10.7. The fraction of sp³-hybridized carbons (Fsp3) is 0.818. The molecule has 0 aromatic rings. The molecular formula is C11H26N2OSi. The van der Waals surface area contributed by atoms with Crippen LogP contribution in [0.2, 0.25) is 0 Å². The van der Waals surface area contributed by atoms with Crippen LogP contribution in [0.1, 0.15) is 27.7 Å². The van der Waals surface area contributed by atoms with E-state index in [4.69, 9.17) is 4.43 Å². The van der Waals surface area contributed by atoms with Gasteiger partial charge >= 0.3 is 8.64 Å². The molecule has 4 heteroatoms. The van der Waals surface area contributed by atoms with Crippen molar-refractivity contribution in [3.05, 3.63) is 12.3 Å². The zero-order valence-corrected chi connectivity index (χ0v) is 11.9. The Morgan fingerprint density at radius 2 is 1.33 bits per heavy atom. The monoisotopic (exact) mass is 230 g/mol. The molecule has 0 atom stereocenters. The highest BCUT2D eigenvalue weighted by atomic mass is 28.4. The van der Waals surface area contributed by atoms with Crippen molar-refractivity contribution in [2.75, 3.05) is 33.3 Å². The van der Waals surface area contributed by atoms with E-state index < -0.39 is 8.64 Å². The van der Waals surface area contributed by atoms with Gasteiger partial charge in [-0.25, -0.2) is 0 Å². The summed E-state index contributed by atoms with van der Waals surface area (Å²) in [5.74, 6) is 0. The van der Waals surface area contributed by atoms with E-state index >= 15 is 0 Å². The van der Waals surface area contributed by atoms with E-state index in [1.807, 2.05) is 12.8 Å². The minimum atomic E-state index is -2.07. The zero-order chi connectivity index (χ0) is 11.9. The largest absolute Gasteiger partial charge is 0.392 e. The van der Waals surface area contributed by atoms with Crippen LogP contribution in [0.25, 0.3) is 0 Å². The van der Waals surface area contributed by atoms with Crippen molar-refractivity contribution in [3.8, 4) is 0 Å². The molecule has 0 radical (unpaired) electrons. The molecule has 0 aliphatic heterocycles. The third-order valence-electron chi connectivity index (χ3n) is 3.00. The molecular weight excluding hydrogens is 204 g/mol. The molecule has 15 heavy (non-hydrogen) atoms. The highest BCUT2D eigenvalue weighted by Gasteiger charge is 2.42. The molecule has 0 bridgehead atoms. The Kier molecular flexibility index (Phi) is 7.09. The minimum absolute atomic E-state index is 1.01. The predicted molar refractivity (Wildman–Crippen MR) is 68.8 cm³/mol. The maximum absolute atomic E-state index is 5.85. The van der Waals surface area contributed by atoms with E-state index in [9.17, 15) is 0 Å². The van der Waals surface area contributed by atoms with Crippen molar-refractivity contribution in [2.24, 2.45) is 0 Å². The second-order valence-electron chi connectivity index (χ2n) is 3.41.